The standard InChI is InChI=1S/C47H57N3O3Si.C2H7N/c1-35-45(51-33-38-21-19-37(31-48)20-22-38)26-24-43-44(49-53-46(35)43)25-23-36-27-29-50(30-28-36)32-39-13-11-12-14-40(39)34-52-54(47(2,3)4,41-15-7-5-8-16-41)42-17-9-6-10-18-42;1-3-2/h5-10,15-22,24,26,36,39-40H,11-14,23,25,27-30,32-34H2,1-4H3;3H,1-2H3. The molecule has 0 spiro atoms. The Bertz CT molecular complexity index is 1970. The van der Waals surface area contributed by atoms with Crippen molar-refractivity contribution in [2.75, 3.05) is 40.3 Å². The van der Waals surface area contributed by atoms with Gasteiger partial charge in [-0.2, -0.15) is 5.26 Å². The van der Waals surface area contributed by atoms with Crippen LogP contribution in [0.3, 0.4) is 0 Å². The van der Waals surface area contributed by atoms with E-state index in [2.05, 4.69) is 109 Å². The second kappa shape index (κ2) is 19.9. The Morgan fingerprint density at radius 2 is 1.46 bits per heavy atom. The van der Waals surface area contributed by atoms with E-state index in [4.69, 9.17) is 18.9 Å². The van der Waals surface area contributed by atoms with Gasteiger partial charge in [0.1, 0.15) is 12.4 Å². The Kier molecular flexibility index (Phi) is 14.8. The summed E-state index contributed by atoms with van der Waals surface area (Å²) in [5.41, 5.74) is 4.53. The molecule has 0 radical (unpaired) electrons. The SMILES string of the molecule is CNC.Cc1c(OCc2ccc(C#N)cc2)ccc2c(CCC3CCN(CC4CCCCC4CO[Si](c4ccccc4)(c4ccccc4)C(C)(C)C)CC3)noc12. The minimum atomic E-state index is -2.54. The summed E-state index contributed by atoms with van der Waals surface area (Å²) in [6.07, 6.45) is 9.82. The number of aryl methyl sites for hydroxylation is 2. The summed E-state index contributed by atoms with van der Waals surface area (Å²) >= 11 is 0. The highest BCUT2D eigenvalue weighted by molar-refractivity contribution is 6.99. The Labute approximate surface area is 342 Å². The van der Waals surface area contributed by atoms with Gasteiger partial charge in [-0.1, -0.05) is 112 Å². The molecule has 2 unspecified atom stereocenters. The molecule has 2 fully saturated rings. The molecule has 57 heavy (non-hydrogen) atoms. The van der Waals surface area contributed by atoms with E-state index in [1.807, 2.05) is 51.4 Å². The highest BCUT2D eigenvalue weighted by Crippen LogP contribution is 2.39. The van der Waals surface area contributed by atoms with Gasteiger partial charge in [-0.3, -0.25) is 0 Å². The number of ether oxygens (including phenoxy) is 1. The average molecular weight is 785 g/mol. The van der Waals surface area contributed by atoms with Crippen molar-refractivity contribution in [2.45, 2.75) is 90.7 Å². The van der Waals surface area contributed by atoms with Crippen LogP contribution in [-0.4, -0.2) is 58.7 Å². The fraction of sp³-hybridized carbons (Fsp3) is 0.469. The highest BCUT2D eigenvalue weighted by atomic mass is 28.4. The maximum absolute atomic E-state index is 9.06. The minimum absolute atomic E-state index is 0.00418. The van der Waals surface area contributed by atoms with Gasteiger partial charge in [-0.15, -0.1) is 0 Å². The predicted molar refractivity (Wildman–Crippen MR) is 236 cm³/mol. The van der Waals surface area contributed by atoms with Gasteiger partial charge in [0.25, 0.3) is 8.32 Å². The molecule has 5 aromatic rings. The first-order valence-electron chi connectivity index (χ1n) is 21.2. The Balaban J connectivity index is 0.00000177. The molecule has 1 aliphatic carbocycles. The van der Waals surface area contributed by atoms with Crippen molar-refractivity contribution in [3.8, 4) is 11.8 Å². The lowest BCUT2D eigenvalue weighted by Gasteiger charge is -2.45. The molecule has 8 heteroatoms. The second-order valence-corrected chi connectivity index (χ2v) is 21.7. The van der Waals surface area contributed by atoms with E-state index >= 15 is 0 Å². The summed E-state index contributed by atoms with van der Waals surface area (Å²) in [7, 11) is 1.21. The van der Waals surface area contributed by atoms with Gasteiger partial charge in [-0.25, -0.2) is 0 Å². The number of hydrogen-bond donors (Lipinski definition) is 1. The van der Waals surface area contributed by atoms with Crippen LogP contribution in [0.4, 0.5) is 0 Å². The van der Waals surface area contributed by atoms with Crippen LogP contribution in [0.1, 0.15) is 88.1 Å². The lowest BCUT2D eigenvalue weighted by atomic mass is 9.79. The third-order valence-electron chi connectivity index (χ3n) is 12.4. The Morgan fingerprint density at radius 1 is 0.842 bits per heavy atom. The number of fused-ring (bicyclic) bond motifs is 1. The number of piperidine rings is 1. The summed E-state index contributed by atoms with van der Waals surface area (Å²) in [4.78, 5) is 2.76. The van der Waals surface area contributed by atoms with Gasteiger partial charge in [0, 0.05) is 24.1 Å². The van der Waals surface area contributed by atoms with Crippen LogP contribution >= 0.6 is 0 Å². The fourth-order valence-corrected chi connectivity index (χ4v) is 13.8. The molecule has 2 atom stereocenters. The van der Waals surface area contributed by atoms with E-state index in [-0.39, 0.29) is 5.04 Å². The van der Waals surface area contributed by atoms with E-state index in [0.29, 0.717) is 29.9 Å². The van der Waals surface area contributed by atoms with Crippen molar-refractivity contribution in [1.29, 1.82) is 5.26 Å². The third-order valence-corrected chi connectivity index (χ3v) is 17.4. The molecule has 302 valence electrons. The van der Waals surface area contributed by atoms with Crippen LogP contribution in [0.15, 0.2) is 102 Å². The summed E-state index contributed by atoms with van der Waals surface area (Å²) < 4.78 is 19.5. The molecular weight excluding hydrogens is 721 g/mol. The Hall–Kier alpha value is -4.26. The molecule has 0 bridgehead atoms. The van der Waals surface area contributed by atoms with Crippen molar-refractivity contribution < 1.29 is 13.7 Å². The molecular formula is C49H64N4O3Si. The smallest absolute Gasteiger partial charge is 0.261 e. The highest BCUT2D eigenvalue weighted by Gasteiger charge is 2.50. The van der Waals surface area contributed by atoms with Crippen molar-refractivity contribution in [2.24, 2.45) is 17.8 Å². The molecule has 4 aromatic carbocycles. The number of rotatable bonds is 13. The molecule has 1 saturated heterocycles. The van der Waals surface area contributed by atoms with Crippen molar-refractivity contribution in [1.82, 2.24) is 15.4 Å². The fourth-order valence-electron chi connectivity index (χ4n) is 9.21. The number of nitrogens with one attached hydrogen (secondary N) is 1. The van der Waals surface area contributed by atoms with Gasteiger partial charge in [-0.05, 0) is 136 Å². The predicted octanol–water partition coefficient (Wildman–Crippen LogP) is 9.45. The van der Waals surface area contributed by atoms with E-state index in [9.17, 15) is 0 Å². The minimum Gasteiger partial charge on any atom is -0.488 e. The van der Waals surface area contributed by atoms with Gasteiger partial charge in [0.2, 0.25) is 0 Å². The molecule has 7 nitrogen and oxygen atoms in total. The summed E-state index contributed by atoms with van der Waals surface area (Å²) in [6, 6.07) is 36.1. The zero-order valence-corrected chi connectivity index (χ0v) is 36.2. The summed E-state index contributed by atoms with van der Waals surface area (Å²) in [5.74, 6) is 2.81. The molecule has 1 N–H and O–H groups in total. The van der Waals surface area contributed by atoms with Crippen molar-refractivity contribution >= 4 is 29.7 Å². The van der Waals surface area contributed by atoms with E-state index in [1.165, 1.54) is 68.5 Å². The number of nitrogens with zero attached hydrogens (tertiary/aromatic N) is 3. The molecule has 7 rings (SSSR count). The number of aromatic nitrogens is 1. The van der Waals surface area contributed by atoms with E-state index < -0.39 is 8.32 Å². The Morgan fingerprint density at radius 3 is 2.05 bits per heavy atom. The van der Waals surface area contributed by atoms with Crippen LogP contribution in [-0.2, 0) is 17.5 Å². The lowest BCUT2D eigenvalue weighted by Crippen LogP contribution is -2.67. The van der Waals surface area contributed by atoms with Gasteiger partial charge >= 0.3 is 0 Å². The summed E-state index contributed by atoms with van der Waals surface area (Å²) in [6.45, 7) is 14.1. The lowest BCUT2D eigenvalue weighted by molar-refractivity contribution is 0.0865. The van der Waals surface area contributed by atoms with Crippen LogP contribution in [0.2, 0.25) is 5.04 Å². The van der Waals surface area contributed by atoms with Crippen molar-refractivity contribution in [3.05, 3.63) is 119 Å². The molecule has 1 aliphatic heterocycles. The zero-order valence-electron chi connectivity index (χ0n) is 35.2. The zero-order chi connectivity index (χ0) is 40.3. The first kappa shape index (κ1) is 42.3. The number of nitriles is 1. The molecule has 2 heterocycles. The maximum Gasteiger partial charge on any atom is 0.261 e. The topological polar surface area (TPSA) is 83.5 Å². The van der Waals surface area contributed by atoms with Gasteiger partial charge in [0.15, 0.2) is 5.58 Å². The first-order valence-corrected chi connectivity index (χ1v) is 23.1. The van der Waals surface area contributed by atoms with Crippen LogP contribution in [0, 0.1) is 36.0 Å². The maximum atomic E-state index is 9.06. The van der Waals surface area contributed by atoms with Crippen LogP contribution in [0.25, 0.3) is 11.0 Å². The molecule has 2 aliphatic rings. The van der Waals surface area contributed by atoms with Crippen molar-refractivity contribution in [3.63, 3.8) is 0 Å². The quantitative estimate of drug-likeness (QED) is 0.119. The monoisotopic (exact) mass is 784 g/mol. The number of benzene rings is 4. The van der Waals surface area contributed by atoms with E-state index in [1.54, 1.807) is 0 Å². The van der Waals surface area contributed by atoms with Gasteiger partial charge in [0.05, 0.1) is 17.3 Å². The first-order chi connectivity index (χ1) is 27.7. The molecule has 1 saturated carbocycles. The third kappa shape index (κ3) is 10.3. The van der Waals surface area contributed by atoms with Crippen LogP contribution in [0.5, 0.6) is 5.75 Å². The van der Waals surface area contributed by atoms with Crippen LogP contribution < -0.4 is 20.4 Å². The summed E-state index contributed by atoms with van der Waals surface area (Å²) in [5, 5.41) is 20.2. The van der Waals surface area contributed by atoms with Gasteiger partial charge < -0.3 is 23.9 Å². The average Bonchev–Trinajstić information content (AvgIpc) is 3.65. The van der Waals surface area contributed by atoms with E-state index in [0.717, 1.165) is 53.0 Å². The second-order valence-electron chi connectivity index (χ2n) is 17.4. The normalized spacial score (nSPS) is 18.1. The number of likely N-dealkylation sites (tertiary alicyclic amines) is 1. The molecule has 1 aromatic heterocycles. The number of hydrogen-bond acceptors (Lipinski definition) is 7. The molecule has 0 amide bonds. The largest absolute Gasteiger partial charge is 0.488 e.